The molecule has 2 aromatic carbocycles. The minimum absolute atomic E-state index is 0.0182. The molecule has 0 saturated carbocycles. The van der Waals surface area contributed by atoms with Gasteiger partial charge in [0.2, 0.25) is 5.95 Å². The van der Waals surface area contributed by atoms with Gasteiger partial charge in [0.05, 0.1) is 29.0 Å². The maximum absolute atomic E-state index is 14.1. The summed E-state index contributed by atoms with van der Waals surface area (Å²) in [6.07, 6.45) is -2.36. The average Bonchev–Trinajstić information content (AvgIpc) is 3.47. The number of alkyl halides is 3. The van der Waals surface area contributed by atoms with Gasteiger partial charge in [0.1, 0.15) is 5.69 Å². The van der Waals surface area contributed by atoms with Crippen LogP contribution in [-0.2, 0) is 26.2 Å². The summed E-state index contributed by atoms with van der Waals surface area (Å²) in [4.78, 5) is 38.7. The normalized spacial score (nSPS) is 14.9. The molecule has 0 bridgehead atoms. The number of nitrogens with one attached hydrogen (secondary N) is 4. The van der Waals surface area contributed by atoms with Gasteiger partial charge in [0.25, 0.3) is 5.91 Å². The number of anilines is 3. The van der Waals surface area contributed by atoms with Crippen molar-refractivity contribution in [1.82, 2.24) is 29.7 Å². The minimum Gasteiger partial charge on any atom is -0.395 e. The minimum atomic E-state index is -4.59. The van der Waals surface area contributed by atoms with E-state index in [9.17, 15) is 27.9 Å². The Hall–Kier alpha value is -5.43. The number of urea groups is 1. The van der Waals surface area contributed by atoms with Crippen LogP contribution in [0.4, 0.5) is 35.3 Å². The zero-order valence-electron chi connectivity index (χ0n) is 28.9. The van der Waals surface area contributed by atoms with Crippen molar-refractivity contribution in [2.24, 2.45) is 7.05 Å². The first-order valence-corrected chi connectivity index (χ1v) is 17.1. The molecule has 4 heterocycles. The van der Waals surface area contributed by atoms with Gasteiger partial charge < -0.3 is 35.8 Å². The maximum atomic E-state index is 14.1. The van der Waals surface area contributed by atoms with E-state index in [1.165, 1.54) is 12.1 Å². The number of aromatic nitrogens is 3. The largest absolute Gasteiger partial charge is 0.416 e. The van der Waals surface area contributed by atoms with Crippen molar-refractivity contribution in [3.05, 3.63) is 88.2 Å². The molecule has 2 aliphatic rings. The molecule has 1 saturated heterocycles. The molecule has 52 heavy (non-hydrogen) atoms. The third-order valence-corrected chi connectivity index (χ3v) is 9.12. The van der Waals surface area contributed by atoms with Crippen LogP contribution in [0.15, 0.2) is 54.7 Å². The molecule has 15 heteroatoms. The fourth-order valence-electron chi connectivity index (χ4n) is 6.35. The molecule has 0 atom stereocenters. The summed E-state index contributed by atoms with van der Waals surface area (Å²) in [5, 5.41) is 20.3. The zero-order valence-corrected chi connectivity index (χ0v) is 28.9. The fraction of sp³-hybridized carbons (Fsp3) is 0.351. The Bertz CT molecular complexity index is 2010. The predicted molar refractivity (Wildman–Crippen MR) is 192 cm³/mol. The van der Waals surface area contributed by atoms with Crippen LogP contribution in [0.5, 0.6) is 0 Å². The van der Waals surface area contributed by atoms with Gasteiger partial charge in [-0.2, -0.15) is 13.2 Å². The molecular formula is C37H40F3N9O3. The lowest BCUT2D eigenvalue weighted by atomic mass is 10.0. The number of piperazine rings is 1. The molecule has 0 radical (unpaired) electrons. The van der Waals surface area contributed by atoms with Gasteiger partial charge in [-0.15, -0.1) is 0 Å². The van der Waals surface area contributed by atoms with Crippen molar-refractivity contribution < 1.29 is 27.9 Å². The highest BCUT2D eigenvalue weighted by Gasteiger charge is 2.34. The fourth-order valence-corrected chi connectivity index (χ4v) is 6.35. The Morgan fingerprint density at radius 2 is 1.77 bits per heavy atom. The number of fused-ring (bicyclic) bond motifs is 1. The van der Waals surface area contributed by atoms with Crippen molar-refractivity contribution in [2.45, 2.75) is 26.1 Å². The summed E-state index contributed by atoms with van der Waals surface area (Å²) in [6.45, 7) is 6.83. The van der Waals surface area contributed by atoms with E-state index >= 15 is 0 Å². The second kappa shape index (κ2) is 15.9. The van der Waals surface area contributed by atoms with Gasteiger partial charge in [0.15, 0.2) is 0 Å². The van der Waals surface area contributed by atoms with E-state index < -0.39 is 17.8 Å². The Kier molecular flexibility index (Phi) is 11.1. The maximum Gasteiger partial charge on any atom is 0.416 e. The molecule has 12 nitrogen and oxygen atoms in total. The Morgan fingerprint density at radius 3 is 2.48 bits per heavy atom. The van der Waals surface area contributed by atoms with Crippen LogP contribution in [0.1, 0.15) is 45.2 Å². The summed E-state index contributed by atoms with van der Waals surface area (Å²) in [5.41, 5.74) is 3.41. The molecule has 5 N–H and O–H groups in total. The number of aliphatic hydroxyl groups excluding tert-OH is 1. The van der Waals surface area contributed by atoms with Crippen LogP contribution in [0.2, 0.25) is 0 Å². The number of benzene rings is 2. The number of rotatable bonds is 9. The molecule has 0 spiro atoms. The second-order valence-corrected chi connectivity index (χ2v) is 12.6. The summed E-state index contributed by atoms with van der Waals surface area (Å²) in [5.74, 6) is 6.31. The first kappa shape index (κ1) is 36.4. The molecule has 0 aliphatic carbocycles. The number of hydrogen-bond acceptors (Lipinski definition) is 8. The number of carbonyl (C=O) groups is 2. The van der Waals surface area contributed by atoms with Crippen molar-refractivity contribution in [1.29, 1.82) is 0 Å². The summed E-state index contributed by atoms with van der Waals surface area (Å²) in [7, 11) is 1.86. The highest BCUT2D eigenvalue weighted by atomic mass is 19.4. The third-order valence-electron chi connectivity index (χ3n) is 9.12. The van der Waals surface area contributed by atoms with E-state index in [0.29, 0.717) is 59.8 Å². The number of halogens is 3. The summed E-state index contributed by atoms with van der Waals surface area (Å²) in [6, 6.07) is 11.7. The van der Waals surface area contributed by atoms with Gasteiger partial charge in [-0.25, -0.2) is 14.8 Å². The quantitative estimate of drug-likeness (QED) is 0.161. The van der Waals surface area contributed by atoms with E-state index in [1.54, 1.807) is 36.5 Å². The van der Waals surface area contributed by atoms with Gasteiger partial charge in [-0.05, 0) is 48.5 Å². The van der Waals surface area contributed by atoms with Gasteiger partial charge in [-0.1, -0.05) is 30.9 Å². The highest BCUT2D eigenvalue weighted by Crippen LogP contribution is 2.35. The lowest BCUT2D eigenvalue weighted by molar-refractivity contribution is -0.138. The standard InChI is InChI=1S/C37H40F3N9O3/c1-3-48-14-16-49(17-15-48)23-26-9-10-28(20-30(26)37(38,39)40)45-36(52)44-27-6-4-5-24(19-27)7-8-25-22-43-35(42-13-18-50)46-33(25)32-21-29-31(47(32)2)11-12-41-34(29)51/h4-6,9-10,19-22,50H,3,11-18,23H2,1-2H3,(H,41,51)(H,42,43,46)(H2,44,45,52). The van der Waals surface area contributed by atoms with E-state index in [-0.39, 0.29) is 42.8 Å². The summed E-state index contributed by atoms with van der Waals surface area (Å²) < 4.78 is 44.2. The van der Waals surface area contributed by atoms with Gasteiger partial charge >= 0.3 is 12.2 Å². The molecule has 2 aliphatic heterocycles. The van der Waals surface area contributed by atoms with E-state index in [1.807, 2.05) is 16.5 Å². The molecular weight excluding hydrogens is 675 g/mol. The Morgan fingerprint density at radius 1 is 1.02 bits per heavy atom. The van der Waals surface area contributed by atoms with Gasteiger partial charge in [0, 0.05) is 88.1 Å². The first-order valence-electron chi connectivity index (χ1n) is 17.1. The number of carbonyl (C=O) groups excluding carboxylic acids is 2. The number of likely N-dealkylation sites (N-methyl/N-ethyl adjacent to an activating group) is 1. The van der Waals surface area contributed by atoms with Crippen LogP contribution >= 0.6 is 0 Å². The van der Waals surface area contributed by atoms with Crippen molar-refractivity contribution in [3.63, 3.8) is 0 Å². The van der Waals surface area contributed by atoms with Crippen molar-refractivity contribution >= 4 is 29.3 Å². The third kappa shape index (κ3) is 8.53. The van der Waals surface area contributed by atoms with Crippen LogP contribution in [-0.4, -0.2) is 93.8 Å². The highest BCUT2D eigenvalue weighted by molar-refractivity contribution is 6.00. The average molecular weight is 716 g/mol. The summed E-state index contributed by atoms with van der Waals surface area (Å²) >= 11 is 0. The van der Waals surface area contributed by atoms with Crippen LogP contribution < -0.4 is 21.3 Å². The zero-order chi connectivity index (χ0) is 36.8. The van der Waals surface area contributed by atoms with E-state index in [0.717, 1.165) is 31.4 Å². The van der Waals surface area contributed by atoms with Crippen LogP contribution in [0.25, 0.3) is 11.4 Å². The van der Waals surface area contributed by atoms with Crippen molar-refractivity contribution in [3.8, 4) is 23.2 Å². The molecule has 6 rings (SSSR count). The lowest BCUT2D eigenvalue weighted by Crippen LogP contribution is -2.45. The predicted octanol–water partition coefficient (Wildman–Crippen LogP) is 4.37. The molecule has 4 aromatic rings. The SMILES string of the molecule is CCN1CCN(Cc2ccc(NC(=O)Nc3cccc(C#Cc4cnc(NCCO)nc4-c4cc5c(n4C)CCNC5=O)c3)cc2C(F)(F)F)CC1. The Balaban J connectivity index is 1.18. The topological polar surface area (TPSA) is 140 Å². The van der Waals surface area contributed by atoms with E-state index in [4.69, 9.17) is 0 Å². The van der Waals surface area contributed by atoms with Gasteiger partial charge in [-0.3, -0.25) is 9.69 Å². The van der Waals surface area contributed by atoms with Crippen LogP contribution in [0, 0.1) is 11.8 Å². The van der Waals surface area contributed by atoms with E-state index in [2.05, 4.69) is 54.9 Å². The smallest absolute Gasteiger partial charge is 0.395 e. The Labute approximate surface area is 299 Å². The number of amides is 3. The van der Waals surface area contributed by atoms with Crippen molar-refractivity contribution in [2.75, 3.05) is 68.4 Å². The molecule has 2 aromatic heterocycles. The first-order chi connectivity index (χ1) is 25.0. The molecule has 3 amide bonds. The molecule has 272 valence electrons. The monoisotopic (exact) mass is 715 g/mol. The number of nitrogens with zero attached hydrogens (tertiary/aromatic N) is 5. The lowest BCUT2D eigenvalue weighted by Gasteiger charge is -2.34. The number of hydrogen-bond donors (Lipinski definition) is 5. The second-order valence-electron chi connectivity index (χ2n) is 12.6. The van der Waals surface area contributed by atoms with Crippen LogP contribution in [0.3, 0.4) is 0 Å². The molecule has 1 fully saturated rings. The number of aliphatic hydroxyl groups is 1. The molecule has 0 unspecified atom stereocenters.